The summed E-state index contributed by atoms with van der Waals surface area (Å²) in [4.78, 5) is 0. The second-order valence-corrected chi connectivity index (χ2v) is 4.78. The second kappa shape index (κ2) is 6.46. The Bertz CT molecular complexity index is 167. The summed E-state index contributed by atoms with van der Waals surface area (Å²) < 4.78 is 5.52. The summed E-state index contributed by atoms with van der Waals surface area (Å²) in [5.74, 6) is 0.586. The molecule has 0 radical (unpaired) electrons. The molecule has 1 unspecified atom stereocenters. The van der Waals surface area contributed by atoms with Crippen molar-refractivity contribution in [3.05, 3.63) is 0 Å². The minimum Gasteiger partial charge on any atom is -0.396 e. The van der Waals surface area contributed by atoms with Crippen LogP contribution in [0.3, 0.4) is 0 Å². The highest BCUT2D eigenvalue weighted by Gasteiger charge is 2.31. The summed E-state index contributed by atoms with van der Waals surface area (Å²) >= 11 is 0. The molecule has 3 heteroatoms. The standard InChI is InChI=1S/C12H25NO2/c1-4-15-11-7-10(8-11)13-12(5-6-14)9(2)3/h9-14H,4-8H2,1-3H3. The van der Waals surface area contributed by atoms with Crippen LogP contribution in [0.15, 0.2) is 0 Å². The van der Waals surface area contributed by atoms with Crippen LogP contribution in [-0.2, 0) is 4.74 Å². The summed E-state index contributed by atoms with van der Waals surface area (Å²) in [6.07, 6.45) is 3.58. The van der Waals surface area contributed by atoms with Gasteiger partial charge in [0.1, 0.15) is 0 Å². The Hall–Kier alpha value is -0.120. The molecule has 1 aliphatic carbocycles. The van der Waals surface area contributed by atoms with E-state index in [-0.39, 0.29) is 6.61 Å². The quantitative estimate of drug-likeness (QED) is 0.677. The normalized spacial score (nSPS) is 27.8. The molecule has 1 aliphatic rings. The Labute approximate surface area is 93.2 Å². The van der Waals surface area contributed by atoms with Crippen molar-refractivity contribution in [2.75, 3.05) is 13.2 Å². The highest BCUT2D eigenvalue weighted by molar-refractivity contribution is 4.89. The van der Waals surface area contributed by atoms with Gasteiger partial charge in [0.15, 0.2) is 0 Å². The van der Waals surface area contributed by atoms with E-state index in [0.717, 1.165) is 25.9 Å². The lowest BCUT2D eigenvalue weighted by Gasteiger charge is -2.39. The third-order valence-electron chi connectivity index (χ3n) is 3.19. The Morgan fingerprint density at radius 1 is 1.40 bits per heavy atom. The first-order valence-corrected chi connectivity index (χ1v) is 6.15. The van der Waals surface area contributed by atoms with Gasteiger partial charge in [-0.3, -0.25) is 0 Å². The van der Waals surface area contributed by atoms with E-state index >= 15 is 0 Å². The fraction of sp³-hybridized carbons (Fsp3) is 1.00. The molecule has 0 spiro atoms. The molecule has 1 atom stereocenters. The van der Waals surface area contributed by atoms with Crippen molar-refractivity contribution < 1.29 is 9.84 Å². The van der Waals surface area contributed by atoms with Crippen LogP contribution in [0.2, 0.25) is 0 Å². The molecular weight excluding hydrogens is 190 g/mol. The first-order valence-electron chi connectivity index (χ1n) is 6.15. The molecule has 0 aromatic carbocycles. The van der Waals surface area contributed by atoms with Crippen LogP contribution < -0.4 is 5.32 Å². The molecular formula is C12H25NO2. The minimum absolute atomic E-state index is 0.275. The average Bonchev–Trinajstić information content (AvgIpc) is 2.13. The minimum atomic E-state index is 0.275. The van der Waals surface area contributed by atoms with E-state index in [1.807, 2.05) is 6.92 Å². The number of ether oxygens (including phenoxy) is 1. The van der Waals surface area contributed by atoms with Crippen LogP contribution in [0.25, 0.3) is 0 Å². The van der Waals surface area contributed by atoms with E-state index in [0.29, 0.717) is 24.1 Å². The highest BCUT2D eigenvalue weighted by Crippen LogP contribution is 2.24. The highest BCUT2D eigenvalue weighted by atomic mass is 16.5. The van der Waals surface area contributed by atoms with E-state index in [2.05, 4.69) is 19.2 Å². The van der Waals surface area contributed by atoms with Gasteiger partial charge in [0.05, 0.1) is 6.10 Å². The number of aliphatic hydroxyl groups excluding tert-OH is 1. The van der Waals surface area contributed by atoms with Gasteiger partial charge in [-0.15, -0.1) is 0 Å². The number of rotatable bonds is 7. The summed E-state index contributed by atoms with van der Waals surface area (Å²) in [6, 6.07) is 1.04. The van der Waals surface area contributed by atoms with Gasteiger partial charge in [0, 0.05) is 25.3 Å². The van der Waals surface area contributed by atoms with Gasteiger partial charge in [0.2, 0.25) is 0 Å². The zero-order valence-corrected chi connectivity index (χ0v) is 10.2. The van der Waals surface area contributed by atoms with Gasteiger partial charge in [-0.1, -0.05) is 13.8 Å². The van der Waals surface area contributed by atoms with E-state index in [9.17, 15) is 0 Å². The molecule has 2 N–H and O–H groups in total. The summed E-state index contributed by atoms with van der Waals surface area (Å²) in [5.41, 5.74) is 0. The van der Waals surface area contributed by atoms with Crippen molar-refractivity contribution in [2.24, 2.45) is 5.92 Å². The van der Waals surface area contributed by atoms with Gasteiger partial charge in [0.25, 0.3) is 0 Å². The molecule has 0 aliphatic heterocycles. The van der Waals surface area contributed by atoms with E-state index < -0.39 is 0 Å². The fourth-order valence-corrected chi connectivity index (χ4v) is 2.12. The number of hydrogen-bond donors (Lipinski definition) is 2. The maximum atomic E-state index is 8.96. The number of nitrogens with one attached hydrogen (secondary N) is 1. The van der Waals surface area contributed by atoms with Gasteiger partial charge < -0.3 is 15.2 Å². The Morgan fingerprint density at radius 2 is 2.07 bits per heavy atom. The third kappa shape index (κ3) is 4.09. The largest absolute Gasteiger partial charge is 0.396 e. The third-order valence-corrected chi connectivity index (χ3v) is 3.19. The molecule has 1 rings (SSSR count). The van der Waals surface area contributed by atoms with E-state index in [1.165, 1.54) is 0 Å². The zero-order chi connectivity index (χ0) is 11.3. The van der Waals surface area contributed by atoms with Crippen molar-refractivity contribution in [3.63, 3.8) is 0 Å². The molecule has 0 saturated heterocycles. The summed E-state index contributed by atoms with van der Waals surface area (Å²) in [6.45, 7) is 7.54. The lowest BCUT2D eigenvalue weighted by Crippen LogP contribution is -2.51. The lowest BCUT2D eigenvalue weighted by molar-refractivity contribution is -0.0144. The molecule has 1 fully saturated rings. The van der Waals surface area contributed by atoms with Gasteiger partial charge in [-0.2, -0.15) is 0 Å². The second-order valence-electron chi connectivity index (χ2n) is 4.78. The predicted molar refractivity (Wildman–Crippen MR) is 61.9 cm³/mol. The fourth-order valence-electron chi connectivity index (χ4n) is 2.12. The molecule has 1 saturated carbocycles. The van der Waals surface area contributed by atoms with Crippen molar-refractivity contribution >= 4 is 0 Å². The van der Waals surface area contributed by atoms with Gasteiger partial charge in [-0.25, -0.2) is 0 Å². The monoisotopic (exact) mass is 215 g/mol. The maximum absolute atomic E-state index is 8.96. The van der Waals surface area contributed by atoms with Crippen LogP contribution in [-0.4, -0.2) is 36.5 Å². The van der Waals surface area contributed by atoms with Crippen LogP contribution in [0.5, 0.6) is 0 Å². The molecule has 0 aromatic rings. The number of aliphatic hydroxyl groups is 1. The van der Waals surface area contributed by atoms with Crippen LogP contribution in [0.4, 0.5) is 0 Å². The van der Waals surface area contributed by atoms with Crippen LogP contribution in [0.1, 0.15) is 40.0 Å². The molecule has 90 valence electrons. The molecule has 3 nitrogen and oxygen atoms in total. The SMILES string of the molecule is CCOC1CC(NC(CCO)C(C)C)C1. The lowest BCUT2D eigenvalue weighted by atomic mass is 9.87. The molecule has 0 amide bonds. The molecule has 15 heavy (non-hydrogen) atoms. The summed E-state index contributed by atoms with van der Waals surface area (Å²) in [7, 11) is 0. The zero-order valence-electron chi connectivity index (χ0n) is 10.2. The topological polar surface area (TPSA) is 41.5 Å². The Balaban J connectivity index is 2.17. The van der Waals surface area contributed by atoms with Crippen molar-refractivity contribution in [3.8, 4) is 0 Å². The van der Waals surface area contributed by atoms with Crippen molar-refractivity contribution in [1.82, 2.24) is 5.32 Å². The predicted octanol–water partition coefficient (Wildman–Crippen LogP) is 1.55. The first-order chi connectivity index (χ1) is 7.17. The average molecular weight is 215 g/mol. The molecule has 0 bridgehead atoms. The maximum Gasteiger partial charge on any atom is 0.0604 e. The van der Waals surface area contributed by atoms with E-state index in [4.69, 9.17) is 9.84 Å². The molecule has 0 heterocycles. The Kier molecular flexibility index (Phi) is 5.58. The van der Waals surface area contributed by atoms with Crippen LogP contribution in [0, 0.1) is 5.92 Å². The summed E-state index contributed by atoms with van der Waals surface area (Å²) in [5, 5.41) is 12.6. The smallest absolute Gasteiger partial charge is 0.0604 e. The number of hydrogen-bond acceptors (Lipinski definition) is 3. The van der Waals surface area contributed by atoms with Crippen molar-refractivity contribution in [2.45, 2.75) is 58.2 Å². The van der Waals surface area contributed by atoms with Gasteiger partial charge >= 0.3 is 0 Å². The van der Waals surface area contributed by atoms with Crippen molar-refractivity contribution in [1.29, 1.82) is 0 Å². The molecule has 0 aromatic heterocycles. The van der Waals surface area contributed by atoms with Crippen LogP contribution >= 0.6 is 0 Å². The van der Waals surface area contributed by atoms with Gasteiger partial charge in [-0.05, 0) is 32.1 Å². The van der Waals surface area contributed by atoms with E-state index in [1.54, 1.807) is 0 Å². The Morgan fingerprint density at radius 3 is 2.53 bits per heavy atom. The first kappa shape index (κ1) is 12.9.